The monoisotopic (exact) mass is 444 g/mol. The molecule has 30 heavy (non-hydrogen) atoms. The molecule has 1 atom stereocenters. The summed E-state index contributed by atoms with van der Waals surface area (Å²) in [6.07, 6.45) is 30.2. The second kappa shape index (κ2) is 25.2. The molecule has 0 aliphatic rings. The number of hydrogen-bond donors (Lipinski definition) is 1. The van der Waals surface area contributed by atoms with Crippen molar-refractivity contribution >= 4 is 15.2 Å². The van der Waals surface area contributed by atoms with Gasteiger partial charge in [0.25, 0.3) is 5.97 Å². The predicted molar refractivity (Wildman–Crippen MR) is 140 cm³/mol. The van der Waals surface area contributed by atoms with Gasteiger partial charge in [0.2, 0.25) is 0 Å². The van der Waals surface area contributed by atoms with E-state index in [0.29, 0.717) is 5.16 Å². The normalized spacial score (nSPS) is 11.2. The van der Waals surface area contributed by atoms with Gasteiger partial charge < -0.3 is 5.11 Å². The second-order valence-electron chi connectivity index (χ2n) is 9.43. The summed E-state index contributed by atoms with van der Waals surface area (Å²) in [7, 11) is 3.34. The topological polar surface area (TPSA) is 37.3 Å². The third-order valence-electron chi connectivity index (χ3n) is 6.08. The molecule has 0 aromatic heterocycles. The minimum Gasteiger partial charge on any atom is -0.481 e. The van der Waals surface area contributed by atoms with Gasteiger partial charge in [-0.1, -0.05) is 136 Å². The first-order valence-corrected chi connectivity index (χ1v) is 14.0. The van der Waals surface area contributed by atoms with Gasteiger partial charge in [0.1, 0.15) is 0 Å². The van der Waals surface area contributed by atoms with Crippen LogP contribution < -0.4 is 0 Å². The van der Waals surface area contributed by atoms with Crippen LogP contribution in [0.5, 0.6) is 0 Å². The smallest absolute Gasteiger partial charge is 0.300 e. The fourth-order valence-corrected chi connectivity index (χ4v) is 4.76. The van der Waals surface area contributed by atoms with Crippen molar-refractivity contribution in [2.75, 3.05) is 0 Å². The van der Waals surface area contributed by atoms with Crippen molar-refractivity contribution in [1.29, 1.82) is 0 Å². The molecule has 0 aliphatic heterocycles. The Morgan fingerprint density at radius 2 is 0.767 bits per heavy atom. The van der Waals surface area contributed by atoms with Gasteiger partial charge in [-0.3, -0.25) is 4.79 Å². The van der Waals surface area contributed by atoms with Crippen LogP contribution in [-0.2, 0) is 4.79 Å². The largest absolute Gasteiger partial charge is 0.481 e. The van der Waals surface area contributed by atoms with E-state index in [1.165, 1.54) is 135 Å². The van der Waals surface area contributed by atoms with Gasteiger partial charge in [-0.2, -0.15) is 0 Å². The maximum Gasteiger partial charge on any atom is 0.300 e. The average molecular weight is 445 g/mol. The van der Waals surface area contributed by atoms with E-state index in [1.807, 2.05) is 0 Å². The molecule has 2 nitrogen and oxygen atoms in total. The van der Waals surface area contributed by atoms with Crippen molar-refractivity contribution in [2.24, 2.45) is 0 Å². The van der Waals surface area contributed by atoms with Gasteiger partial charge in [-0.15, -0.1) is 9.24 Å². The summed E-state index contributed by atoms with van der Waals surface area (Å²) in [6.45, 7) is 8.03. The molecule has 0 aliphatic carbocycles. The first kappa shape index (κ1) is 32.1. The van der Waals surface area contributed by atoms with Crippen molar-refractivity contribution < 1.29 is 9.90 Å². The molecule has 182 valence electrons. The van der Waals surface area contributed by atoms with E-state index in [0.717, 1.165) is 6.92 Å². The van der Waals surface area contributed by atoms with Crippen molar-refractivity contribution in [3.05, 3.63) is 0 Å². The molecule has 0 aromatic carbocycles. The maximum atomic E-state index is 9.00. The molecule has 0 saturated heterocycles. The quantitative estimate of drug-likeness (QED) is 0.141. The summed E-state index contributed by atoms with van der Waals surface area (Å²) in [4.78, 5) is 9.00. The van der Waals surface area contributed by atoms with Gasteiger partial charge in [0, 0.05) is 6.92 Å². The highest BCUT2D eigenvalue weighted by Gasteiger charge is 2.23. The maximum absolute atomic E-state index is 9.00. The fraction of sp³-hybridized carbons (Fsp3) is 0.963. The number of carboxylic acids is 1. The van der Waals surface area contributed by atoms with Crippen molar-refractivity contribution in [1.82, 2.24) is 0 Å². The van der Waals surface area contributed by atoms with E-state index in [-0.39, 0.29) is 0 Å². The zero-order valence-electron chi connectivity index (χ0n) is 21.3. The molecular formula is C27H57O2P. The Kier molecular flexibility index (Phi) is 26.9. The molecule has 0 rings (SSSR count). The van der Waals surface area contributed by atoms with E-state index in [2.05, 4.69) is 30.0 Å². The van der Waals surface area contributed by atoms with Gasteiger partial charge in [0.15, 0.2) is 0 Å². The highest BCUT2D eigenvalue weighted by Crippen LogP contribution is 2.37. The Morgan fingerprint density at radius 1 is 0.567 bits per heavy atom. The number of carboxylic acid groups (broad SMARTS) is 1. The van der Waals surface area contributed by atoms with E-state index in [9.17, 15) is 0 Å². The molecule has 0 aromatic rings. The Balaban J connectivity index is 0. The zero-order chi connectivity index (χ0) is 22.9. The third-order valence-corrected chi connectivity index (χ3v) is 6.95. The summed E-state index contributed by atoms with van der Waals surface area (Å²) >= 11 is 0. The van der Waals surface area contributed by atoms with Crippen LogP contribution >= 0.6 is 9.24 Å². The third kappa shape index (κ3) is 27.9. The van der Waals surface area contributed by atoms with Crippen LogP contribution in [0.25, 0.3) is 0 Å². The minimum absolute atomic E-state index is 0.556. The van der Waals surface area contributed by atoms with E-state index in [4.69, 9.17) is 9.90 Å². The van der Waals surface area contributed by atoms with Gasteiger partial charge in [-0.05, 0) is 24.4 Å². The lowest BCUT2D eigenvalue weighted by molar-refractivity contribution is -0.134. The molecule has 0 bridgehead atoms. The van der Waals surface area contributed by atoms with Gasteiger partial charge in [0.05, 0.1) is 0 Å². The molecule has 0 fully saturated rings. The van der Waals surface area contributed by atoms with E-state index < -0.39 is 5.97 Å². The molecule has 0 saturated carbocycles. The van der Waals surface area contributed by atoms with Crippen LogP contribution in [0.1, 0.15) is 163 Å². The Bertz CT molecular complexity index is 299. The number of hydrogen-bond acceptors (Lipinski definition) is 1. The van der Waals surface area contributed by atoms with Crippen molar-refractivity contribution in [2.45, 2.75) is 168 Å². The Morgan fingerprint density at radius 3 is 1.00 bits per heavy atom. The minimum atomic E-state index is -0.833. The lowest BCUT2D eigenvalue weighted by Gasteiger charge is -2.30. The lowest BCUT2D eigenvalue weighted by atomic mass is 9.88. The summed E-state index contributed by atoms with van der Waals surface area (Å²) in [5.41, 5.74) is 0. The summed E-state index contributed by atoms with van der Waals surface area (Å²) < 4.78 is 0. The highest BCUT2D eigenvalue weighted by atomic mass is 31.0. The van der Waals surface area contributed by atoms with E-state index in [1.54, 1.807) is 0 Å². The Labute approximate surface area is 193 Å². The number of carbonyl (C=O) groups is 1. The first-order chi connectivity index (χ1) is 14.4. The SMILES string of the molecule is CC(=O)O.CCCCCCCCC(P)(CCCCCCCC)CCCCCCCC. The Hall–Kier alpha value is -0.100. The van der Waals surface area contributed by atoms with Crippen LogP contribution in [0.2, 0.25) is 0 Å². The lowest BCUT2D eigenvalue weighted by Crippen LogP contribution is -2.20. The first-order valence-electron chi connectivity index (χ1n) is 13.4. The molecule has 0 amide bonds. The van der Waals surface area contributed by atoms with Crippen LogP contribution in [0.3, 0.4) is 0 Å². The van der Waals surface area contributed by atoms with E-state index >= 15 is 0 Å². The number of aliphatic carboxylic acids is 1. The average Bonchev–Trinajstić information content (AvgIpc) is 2.70. The molecular weight excluding hydrogens is 387 g/mol. The van der Waals surface area contributed by atoms with Crippen LogP contribution in [-0.4, -0.2) is 16.2 Å². The van der Waals surface area contributed by atoms with Crippen LogP contribution in [0, 0.1) is 0 Å². The van der Waals surface area contributed by atoms with Crippen molar-refractivity contribution in [3.8, 4) is 0 Å². The molecule has 0 heterocycles. The molecule has 3 heteroatoms. The highest BCUT2D eigenvalue weighted by molar-refractivity contribution is 7.19. The standard InChI is InChI=1S/C25H53P.C2H4O2/c1-4-7-10-13-16-19-22-25(26,23-20-17-14-11-8-5-2)24-21-18-15-12-9-6-3;1-2(3)4/h4-24,26H2,1-3H3;1H3,(H,3,4). The fourth-order valence-electron chi connectivity index (χ4n) is 4.15. The van der Waals surface area contributed by atoms with Crippen molar-refractivity contribution in [3.63, 3.8) is 0 Å². The second-order valence-corrected chi connectivity index (χ2v) is 10.7. The van der Waals surface area contributed by atoms with Gasteiger partial charge >= 0.3 is 0 Å². The van der Waals surface area contributed by atoms with Gasteiger partial charge in [-0.25, -0.2) is 0 Å². The van der Waals surface area contributed by atoms with Crippen LogP contribution in [0.4, 0.5) is 0 Å². The number of rotatable bonds is 21. The predicted octanol–water partition coefficient (Wildman–Crippen LogP) is 9.94. The molecule has 0 spiro atoms. The molecule has 1 unspecified atom stereocenters. The zero-order valence-corrected chi connectivity index (χ0v) is 22.4. The summed E-state index contributed by atoms with van der Waals surface area (Å²) in [5.74, 6) is -0.833. The number of unbranched alkanes of at least 4 members (excludes halogenated alkanes) is 15. The molecule has 0 radical (unpaired) electrons. The van der Waals surface area contributed by atoms with Crippen LogP contribution in [0.15, 0.2) is 0 Å². The molecule has 1 N–H and O–H groups in total. The summed E-state index contributed by atoms with van der Waals surface area (Å²) in [6, 6.07) is 0. The summed E-state index contributed by atoms with van der Waals surface area (Å²) in [5, 5.41) is 7.97.